The van der Waals surface area contributed by atoms with E-state index < -0.39 is 6.09 Å². The first-order valence-electron chi connectivity index (χ1n) is 12.1. The van der Waals surface area contributed by atoms with E-state index in [0.717, 1.165) is 42.7 Å². The van der Waals surface area contributed by atoms with Gasteiger partial charge < -0.3 is 19.6 Å². The van der Waals surface area contributed by atoms with Crippen molar-refractivity contribution in [2.45, 2.75) is 71.6 Å². The number of carbonyl (C=O) groups is 1. The Morgan fingerprint density at radius 1 is 1.12 bits per heavy atom. The Balaban J connectivity index is 1.95. The van der Waals surface area contributed by atoms with Crippen molar-refractivity contribution in [3.8, 4) is 11.3 Å². The number of hydrogen-bond donors (Lipinski definition) is 1. The van der Waals surface area contributed by atoms with E-state index in [0.29, 0.717) is 31.5 Å². The molecule has 7 nitrogen and oxygen atoms in total. The molecule has 7 heteroatoms. The number of rotatable bonds is 9. The molecule has 33 heavy (non-hydrogen) atoms. The van der Waals surface area contributed by atoms with Crippen molar-refractivity contribution in [1.82, 2.24) is 19.6 Å². The zero-order valence-electron chi connectivity index (χ0n) is 21.0. The molecule has 1 aromatic heterocycles. The van der Waals surface area contributed by atoms with Gasteiger partial charge in [0.15, 0.2) is 0 Å². The SMILES string of the molecule is CC(C)c1cc(-c2nn(C3CCCCO3)cc2CN(C)CCN(C)C(=O)O)cc(C(C)C)c1. The van der Waals surface area contributed by atoms with Gasteiger partial charge >= 0.3 is 6.09 Å². The molecular formula is C26H40N4O3. The fourth-order valence-electron chi connectivity index (χ4n) is 4.13. The summed E-state index contributed by atoms with van der Waals surface area (Å²) in [5.74, 6) is 0.868. The molecule has 1 aliphatic heterocycles. The number of likely N-dealkylation sites (N-methyl/N-ethyl adjacent to an activating group) is 2. The summed E-state index contributed by atoms with van der Waals surface area (Å²) in [6, 6.07) is 6.85. The van der Waals surface area contributed by atoms with E-state index >= 15 is 0 Å². The molecule has 3 rings (SSSR count). The molecule has 1 fully saturated rings. The van der Waals surface area contributed by atoms with E-state index in [4.69, 9.17) is 14.9 Å². The Morgan fingerprint density at radius 3 is 2.33 bits per heavy atom. The van der Waals surface area contributed by atoms with Crippen LogP contribution in [0.2, 0.25) is 0 Å². The Labute approximate surface area is 198 Å². The molecule has 1 unspecified atom stereocenters. The van der Waals surface area contributed by atoms with Crippen molar-refractivity contribution < 1.29 is 14.6 Å². The number of carboxylic acid groups (broad SMARTS) is 1. The predicted molar refractivity (Wildman–Crippen MR) is 132 cm³/mol. The lowest BCUT2D eigenvalue weighted by atomic mass is 9.91. The Hall–Kier alpha value is -2.38. The minimum absolute atomic E-state index is 0.0208. The fourth-order valence-corrected chi connectivity index (χ4v) is 4.13. The van der Waals surface area contributed by atoms with Gasteiger partial charge in [-0.05, 0) is 61.4 Å². The minimum atomic E-state index is -0.905. The van der Waals surface area contributed by atoms with Crippen LogP contribution in [0.1, 0.15) is 81.7 Å². The summed E-state index contributed by atoms with van der Waals surface area (Å²) in [5.41, 5.74) is 5.92. The topological polar surface area (TPSA) is 70.8 Å². The highest BCUT2D eigenvalue weighted by Crippen LogP contribution is 2.32. The van der Waals surface area contributed by atoms with Gasteiger partial charge in [0.05, 0.1) is 5.69 Å². The highest BCUT2D eigenvalue weighted by atomic mass is 16.5. The highest BCUT2D eigenvalue weighted by molar-refractivity contribution is 5.65. The molecule has 1 amide bonds. The normalized spacial score (nSPS) is 16.7. The Bertz CT molecular complexity index is 905. The second kappa shape index (κ2) is 11.2. The number of benzene rings is 1. The lowest BCUT2D eigenvalue weighted by Gasteiger charge is -2.22. The summed E-state index contributed by atoms with van der Waals surface area (Å²) < 4.78 is 8.02. The number of amides is 1. The van der Waals surface area contributed by atoms with Crippen molar-refractivity contribution in [2.75, 3.05) is 33.8 Å². The number of hydrogen-bond acceptors (Lipinski definition) is 4. The first-order chi connectivity index (χ1) is 15.7. The third kappa shape index (κ3) is 6.58. The summed E-state index contributed by atoms with van der Waals surface area (Å²) in [7, 11) is 3.63. The Morgan fingerprint density at radius 2 is 1.79 bits per heavy atom. The summed E-state index contributed by atoms with van der Waals surface area (Å²) in [4.78, 5) is 14.6. The van der Waals surface area contributed by atoms with E-state index in [-0.39, 0.29) is 6.23 Å². The van der Waals surface area contributed by atoms with Crippen LogP contribution in [0.15, 0.2) is 24.4 Å². The van der Waals surface area contributed by atoms with Crippen LogP contribution in [0.25, 0.3) is 11.3 Å². The standard InChI is InChI=1S/C26H40N4O3/c1-18(2)20-13-21(19(3)4)15-22(14-20)25-23(16-28(5)10-11-29(6)26(31)32)17-30(27-25)24-9-7-8-12-33-24/h13-15,17-19,24H,7-12,16H2,1-6H3,(H,31,32). The zero-order chi connectivity index (χ0) is 24.1. The third-order valence-electron chi connectivity index (χ3n) is 6.43. The van der Waals surface area contributed by atoms with Gasteiger partial charge in [0.1, 0.15) is 6.23 Å². The molecule has 2 heterocycles. The molecule has 1 aliphatic rings. The number of aromatic nitrogens is 2. The molecule has 2 aromatic rings. The quantitative estimate of drug-likeness (QED) is 0.537. The van der Waals surface area contributed by atoms with Gasteiger partial charge in [-0.15, -0.1) is 0 Å². The number of nitrogens with zero attached hydrogens (tertiary/aromatic N) is 4. The molecule has 1 N–H and O–H groups in total. The molecular weight excluding hydrogens is 416 g/mol. The summed E-state index contributed by atoms with van der Waals surface area (Å²) in [6.07, 6.45) is 4.43. The second-order valence-corrected chi connectivity index (χ2v) is 9.94. The van der Waals surface area contributed by atoms with E-state index in [2.05, 4.69) is 57.0 Å². The van der Waals surface area contributed by atoms with Gasteiger partial charge in [-0.2, -0.15) is 5.10 Å². The zero-order valence-corrected chi connectivity index (χ0v) is 21.0. The van der Waals surface area contributed by atoms with Crippen molar-refractivity contribution in [1.29, 1.82) is 0 Å². The van der Waals surface area contributed by atoms with Crippen molar-refractivity contribution >= 4 is 6.09 Å². The average Bonchev–Trinajstić information content (AvgIpc) is 3.21. The molecule has 1 atom stereocenters. The molecule has 0 aliphatic carbocycles. The van der Waals surface area contributed by atoms with Crippen molar-refractivity contribution in [3.63, 3.8) is 0 Å². The van der Waals surface area contributed by atoms with Gasteiger partial charge in [0.25, 0.3) is 0 Å². The van der Waals surface area contributed by atoms with Crippen molar-refractivity contribution in [3.05, 3.63) is 41.1 Å². The van der Waals surface area contributed by atoms with Crippen LogP contribution in [0, 0.1) is 0 Å². The van der Waals surface area contributed by atoms with Crippen LogP contribution >= 0.6 is 0 Å². The third-order valence-corrected chi connectivity index (χ3v) is 6.43. The fraction of sp³-hybridized carbons (Fsp3) is 0.615. The summed E-state index contributed by atoms with van der Waals surface area (Å²) in [5, 5.41) is 14.2. The van der Waals surface area contributed by atoms with Gasteiger partial charge in [0.2, 0.25) is 0 Å². The van der Waals surface area contributed by atoms with Gasteiger partial charge in [-0.1, -0.05) is 33.8 Å². The molecule has 1 saturated heterocycles. The monoisotopic (exact) mass is 456 g/mol. The van der Waals surface area contributed by atoms with E-state index in [1.54, 1.807) is 7.05 Å². The van der Waals surface area contributed by atoms with Crippen LogP contribution in [-0.4, -0.2) is 64.6 Å². The molecule has 0 saturated carbocycles. The van der Waals surface area contributed by atoms with E-state index in [9.17, 15) is 4.79 Å². The molecule has 0 spiro atoms. The lowest BCUT2D eigenvalue weighted by molar-refractivity contribution is -0.0394. The number of ether oxygens (including phenoxy) is 1. The van der Waals surface area contributed by atoms with Gasteiger partial charge in [0, 0.05) is 50.6 Å². The maximum absolute atomic E-state index is 11.1. The molecule has 0 bridgehead atoms. The summed E-state index contributed by atoms with van der Waals surface area (Å²) in [6.45, 7) is 11.5. The average molecular weight is 457 g/mol. The van der Waals surface area contributed by atoms with Gasteiger partial charge in [-0.25, -0.2) is 9.48 Å². The molecule has 182 valence electrons. The van der Waals surface area contributed by atoms with Crippen LogP contribution in [0.5, 0.6) is 0 Å². The highest BCUT2D eigenvalue weighted by Gasteiger charge is 2.22. The van der Waals surface area contributed by atoms with Crippen LogP contribution in [0.4, 0.5) is 4.79 Å². The van der Waals surface area contributed by atoms with Crippen LogP contribution in [-0.2, 0) is 11.3 Å². The summed E-state index contributed by atoms with van der Waals surface area (Å²) >= 11 is 0. The molecule has 1 aromatic carbocycles. The maximum atomic E-state index is 11.1. The van der Waals surface area contributed by atoms with E-state index in [1.807, 2.05) is 11.7 Å². The second-order valence-electron chi connectivity index (χ2n) is 9.94. The smallest absolute Gasteiger partial charge is 0.407 e. The van der Waals surface area contributed by atoms with Crippen LogP contribution < -0.4 is 0 Å². The first-order valence-corrected chi connectivity index (χ1v) is 12.1. The lowest BCUT2D eigenvalue weighted by Crippen LogP contribution is -2.33. The largest absolute Gasteiger partial charge is 0.465 e. The Kier molecular flexibility index (Phi) is 8.54. The molecule has 0 radical (unpaired) electrons. The van der Waals surface area contributed by atoms with E-state index in [1.165, 1.54) is 16.0 Å². The first kappa shape index (κ1) is 25.2. The predicted octanol–water partition coefficient (Wildman–Crippen LogP) is 5.54. The van der Waals surface area contributed by atoms with Crippen LogP contribution in [0.3, 0.4) is 0 Å². The van der Waals surface area contributed by atoms with Crippen molar-refractivity contribution in [2.24, 2.45) is 0 Å². The van der Waals surface area contributed by atoms with Gasteiger partial charge in [-0.3, -0.25) is 0 Å². The maximum Gasteiger partial charge on any atom is 0.407 e. The minimum Gasteiger partial charge on any atom is -0.465 e.